The summed E-state index contributed by atoms with van der Waals surface area (Å²) in [6.07, 6.45) is 0. The molecule has 2 heterocycles. The van der Waals surface area contributed by atoms with Gasteiger partial charge in [-0.1, -0.05) is 42.1 Å². The SMILES string of the molecule is CC(Sc1n[nH]c(-c2ccccc2)n1)C(=O)Nc1ccc2c(c1)OCO2. The third-order valence-electron chi connectivity index (χ3n) is 3.80. The lowest BCUT2D eigenvalue weighted by atomic mass is 10.2. The number of carbonyl (C=O) groups is 1. The Balaban J connectivity index is 1.39. The summed E-state index contributed by atoms with van der Waals surface area (Å²) in [5.41, 5.74) is 1.61. The molecule has 1 amide bonds. The van der Waals surface area contributed by atoms with E-state index in [1.807, 2.05) is 37.3 Å². The lowest BCUT2D eigenvalue weighted by Crippen LogP contribution is -2.22. The second kappa shape index (κ2) is 7.09. The Labute approximate surface area is 154 Å². The van der Waals surface area contributed by atoms with E-state index in [1.54, 1.807) is 18.2 Å². The molecule has 1 unspecified atom stereocenters. The Bertz CT molecular complexity index is 929. The zero-order chi connectivity index (χ0) is 17.9. The third kappa shape index (κ3) is 3.50. The molecule has 3 aromatic rings. The van der Waals surface area contributed by atoms with E-state index in [0.29, 0.717) is 28.2 Å². The number of thioether (sulfide) groups is 1. The molecule has 4 rings (SSSR count). The molecule has 132 valence electrons. The number of hydrogen-bond donors (Lipinski definition) is 2. The predicted octanol–water partition coefficient (Wildman–Crippen LogP) is 3.32. The molecule has 7 nitrogen and oxygen atoms in total. The van der Waals surface area contributed by atoms with Gasteiger partial charge in [-0.2, -0.15) is 0 Å². The Morgan fingerprint density at radius 2 is 2.00 bits per heavy atom. The topological polar surface area (TPSA) is 89.1 Å². The largest absolute Gasteiger partial charge is 0.454 e. The number of H-pyrrole nitrogens is 1. The van der Waals surface area contributed by atoms with Crippen molar-refractivity contribution in [1.82, 2.24) is 15.2 Å². The van der Waals surface area contributed by atoms with Crippen molar-refractivity contribution in [3.05, 3.63) is 48.5 Å². The van der Waals surface area contributed by atoms with E-state index in [2.05, 4.69) is 20.5 Å². The molecule has 0 bridgehead atoms. The average Bonchev–Trinajstić information content (AvgIpc) is 3.31. The number of aromatic amines is 1. The maximum absolute atomic E-state index is 12.4. The molecule has 0 aliphatic carbocycles. The summed E-state index contributed by atoms with van der Waals surface area (Å²) in [6.45, 7) is 2.01. The quantitative estimate of drug-likeness (QED) is 0.672. The standard InChI is InChI=1S/C18H16N4O3S/c1-11(17(23)19-13-7-8-14-15(9-13)25-10-24-14)26-18-20-16(21-22-18)12-5-3-2-4-6-12/h2-9,11H,10H2,1H3,(H,19,23)(H,20,21,22). The van der Waals surface area contributed by atoms with Crippen molar-refractivity contribution >= 4 is 23.4 Å². The highest BCUT2D eigenvalue weighted by atomic mass is 32.2. The van der Waals surface area contributed by atoms with Gasteiger partial charge in [-0.3, -0.25) is 9.89 Å². The zero-order valence-electron chi connectivity index (χ0n) is 13.9. The van der Waals surface area contributed by atoms with Gasteiger partial charge >= 0.3 is 0 Å². The normalized spacial score (nSPS) is 13.4. The van der Waals surface area contributed by atoms with Crippen LogP contribution < -0.4 is 14.8 Å². The van der Waals surface area contributed by atoms with Crippen LogP contribution in [0.1, 0.15) is 6.92 Å². The first-order chi connectivity index (χ1) is 12.7. The number of fused-ring (bicyclic) bond motifs is 1. The van der Waals surface area contributed by atoms with Gasteiger partial charge in [-0.15, -0.1) is 5.10 Å². The minimum absolute atomic E-state index is 0.139. The predicted molar refractivity (Wildman–Crippen MR) is 98.3 cm³/mol. The van der Waals surface area contributed by atoms with Crippen LogP contribution in [0.2, 0.25) is 0 Å². The minimum atomic E-state index is -0.361. The van der Waals surface area contributed by atoms with Crippen molar-refractivity contribution in [2.75, 3.05) is 12.1 Å². The summed E-state index contributed by atoms with van der Waals surface area (Å²) in [4.78, 5) is 16.9. The van der Waals surface area contributed by atoms with Crippen LogP contribution in [0.15, 0.2) is 53.7 Å². The molecule has 8 heteroatoms. The number of benzene rings is 2. The second-order valence-electron chi connectivity index (χ2n) is 5.65. The summed E-state index contributed by atoms with van der Waals surface area (Å²) in [6, 6.07) is 15.0. The van der Waals surface area contributed by atoms with E-state index in [9.17, 15) is 4.79 Å². The molecule has 0 saturated carbocycles. The summed E-state index contributed by atoms with van der Waals surface area (Å²) >= 11 is 1.29. The number of rotatable bonds is 5. The van der Waals surface area contributed by atoms with Crippen molar-refractivity contribution in [3.8, 4) is 22.9 Å². The zero-order valence-corrected chi connectivity index (χ0v) is 14.7. The minimum Gasteiger partial charge on any atom is -0.454 e. The Kier molecular flexibility index (Phi) is 4.49. The Hall–Kier alpha value is -3.00. The molecular formula is C18H16N4O3S. The second-order valence-corrected chi connectivity index (χ2v) is 6.96. The van der Waals surface area contributed by atoms with Crippen molar-refractivity contribution in [2.24, 2.45) is 0 Å². The van der Waals surface area contributed by atoms with Crippen LogP contribution in [-0.2, 0) is 4.79 Å². The number of aromatic nitrogens is 3. The van der Waals surface area contributed by atoms with Crippen molar-refractivity contribution in [1.29, 1.82) is 0 Å². The number of nitrogens with one attached hydrogen (secondary N) is 2. The lowest BCUT2D eigenvalue weighted by molar-refractivity contribution is -0.115. The molecule has 1 atom stereocenters. The monoisotopic (exact) mass is 368 g/mol. The molecule has 1 aromatic heterocycles. The molecule has 0 fully saturated rings. The fourth-order valence-electron chi connectivity index (χ4n) is 2.45. The van der Waals surface area contributed by atoms with Crippen LogP contribution in [0.5, 0.6) is 11.5 Å². The van der Waals surface area contributed by atoms with Gasteiger partial charge in [-0.05, 0) is 19.1 Å². The number of ether oxygens (including phenoxy) is 2. The van der Waals surface area contributed by atoms with Crippen molar-refractivity contribution in [2.45, 2.75) is 17.3 Å². The number of hydrogen-bond acceptors (Lipinski definition) is 6. The first-order valence-corrected chi connectivity index (χ1v) is 8.92. The smallest absolute Gasteiger partial charge is 0.237 e. The molecule has 26 heavy (non-hydrogen) atoms. The van der Waals surface area contributed by atoms with Crippen LogP contribution in [0, 0.1) is 0 Å². The maximum atomic E-state index is 12.4. The van der Waals surface area contributed by atoms with E-state index >= 15 is 0 Å². The van der Waals surface area contributed by atoms with E-state index in [0.717, 1.165) is 5.56 Å². The highest BCUT2D eigenvalue weighted by Crippen LogP contribution is 2.34. The molecule has 2 N–H and O–H groups in total. The van der Waals surface area contributed by atoms with Crippen LogP contribution in [-0.4, -0.2) is 33.1 Å². The number of carbonyl (C=O) groups excluding carboxylic acids is 1. The molecule has 0 radical (unpaired) electrons. The van der Waals surface area contributed by atoms with Gasteiger partial charge in [0.2, 0.25) is 17.9 Å². The Morgan fingerprint density at radius 3 is 2.85 bits per heavy atom. The summed E-state index contributed by atoms with van der Waals surface area (Å²) in [5.74, 6) is 1.85. The molecule has 1 aliphatic heterocycles. The highest BCUT2D eigenvalue weighted by Gasteiger charge is 2.19. The first-order valence-electron chi connectivity index (χ1n) is 8.04. The van der Waals surface area contributed by atoms with Crippen LogP contribution >= 0.6 is 11.8 Å². The first kappa shape index (κ1) is 16.5. The van der Waals surface area contributed by atoms with Gasteiger partial charge in [-0.25, -0.2) is 4.98 Å². The van der Waals surface area contributed by atoms with Gasteiger partial charge in [0.15, 0.2) is 17.3 Å². The van der Waals surface area contributed by atoms with Gasteiger partial charge in [0.1, 0.15) is 0 Å². The average molecular weight is 368 g/mol. The van der Waals surface area contributed by atoms with Crippen LogP contribution in [0.4, 0.5) is 5.69 Å². The molecule has 2 aromatic carbocycles. The molecular weight excluding hydrogens is 352 g/mol. The lowest BCUT2D eigenvalue weighted by Gasteiger charge is -2.10. The molecule has 0 spiro atoms. The van der Waals surface area contributed by atoms with Gasteiger partial charge < -0.3 is 14.8 Å². The summed E-state index contributed by atoms with van der Waals surface area (Å²) < 4.78 is 10.6. The number of nitrogens with zero attached hydrogens (tertiary/aromatic N) is 2. The third-order valence-corrected chi connectivity index (χ3v) is 4.76. The molecule has 1 aliphatic rings. The summed E-state index contributed by atoms with van der Waals surface area (Å²) in [7, 11) is 0. The van der Waals surface area contributed by atoms with Crippen LogP contribution in [0.3, 0.4) is 0 Å². The van der Waals surface area contributed by atoms with Crippen molar-refractivity contribution < 1.29 is 14.3 Å². The van der Waals surface area contributed by atoms with Gasteiger partial charge in [0.05, 0.1) is 5.25 Å². The van der Waals surface area contributed by atoms with E-state index < -0.39 is 0 Å². The number of anilines is 1. The fourth-order valence-corrected chi connectivity index (χ4v) is 3.18. The highest BCUT2D eigenvalue weighted by molar-refractivity contribution is 8.00. The van der Waals surface area contributed by atoms with Crippen molar-refractivity contribution in [3.63, 3.8) is 0 Å². The van der Waals surface area contributed by atoms with E-state index in [1.165, 1.54) is 11.8 Å². The maximum Gasteiger partial charge on any atom is 0.237 e. The van der Waals surface area contributed by atoms with Gasteiger partial charge in [0, 0.05) is 17.3 Å². The van der Waals surface area contributed by atoms with Crippen LogP contribution in [0.25, 0.3) is 11.4 Å². The van der Waals surface area contributed by atoms with Gasteiger partial charge in [0.25, 0.3) is 0 Å². The Morgan fingerprint density at radius 1 is 1.19 bits per heavy atom. The fraction of sp³-hybridized carbons (Fsp3) is 0.167. The number of amides is 1. The van der Waals surface area contributed by atoms with E-state index in [-0.39, 0.29) is 18.0 Å². The summed E-state index contributed by atoms with van der Waals surface area (Å²) in [5, 5.41) is 10.1. The van der Waals surface area contributed by atoms with E-state index in [4.69, 9.17) is 9.47 Å². The molecule has 0 saturated heterocycles.